The molecule has 0 fully saturated rings. The molecule has 1 aromatic heterocycles. The van der Waals surface area contributed by atoms with Gasteiger partial charge < -0.3 is 15.0 Å². The summed E-state index contributed by atoms with van der Waals surface area (Å²) < 4.78 is 7.30. The number of aromatic nitrogens is 3. The Morgan fingerprint density at radius 1 is 1.42 bits per heavy atom. The minimum absolute atomic E-state index is 0.167. The third-order valence-electron chi connectivity index (χ3n) is 4.05. The highest BCUT2D eigenvalue weighted by Gasteiger charge is 2.24. The summed E-state index contributed by atoms with van der Waals surface area (Å²) in [6.07, 6.45) is 1.49. The van der Waals surface area contributed by atoms with Crippen molar-refractivity contribution < 1.29 is 9.53 Å². The average Bonchev–Trinajstić information content (AvgIpc) is 3.00. The molecule has 1 aromatic carbocycles. The minimum atomic E-state index is -0.233. The molecular formula is C18H26ClN5O2. The second-order valence-electron chi connectivity index (χ2n) is 6.45. The molecule has 1 N–H and O–H groups in total. The van der Waals surface area contributed by atoms with E-state index in [0.29, 0.717) is 18.2 Å². The van der Waals surface area contributed by atoms with Crippen molar-refractivity contribution in [3.05, 3.63) is 40.9 Å². The van der Waals surface area contributed by atoms with Gasteiger partial charge in [0.25, 0.3) is 0 Å². The number of hydrogen-bond donors (Lipinski definition) is 1. The van der Waals surface area contributed by atoms with E-state index in [0.717, 1.165) is 17.1 Å². The first-order chi connectivity index (χ1) is 12.3. The molecule has 7 nitrogen and oxygen atoms in total. The molecule has 142 valence electrons. The molecule has 0 saturated heterocycles. The molecule has 0 aliphatic carbocycles. The van der Waals surface area contributed by atoms with Crippen LogP contribution in [0.1, 0.15) is 38.2 Å². The third kappa shape index (κ3) is 4.88. The van der Waals surface area contributed by atoms with E-state index in [1.807, 2.05) is 40.0 Å². The number of amides is 2. The standard InChI is InChI=1S/C18H26ClN5O2/c1-6-26-15-8-7-14(19)9-13(15)10-23(4)18(25)22-16(12(2)3)17-20-11-21-24(17)5/h7-9,11-12,16H,6,10H2,1-5H3,(H,22,25)/t16-/m0/s1. The number of hydrogen-bond acceptors (Lipinski definition) is 4. The second-order valence-corrected chi connectivity index (χ2v) is 6.89. The molecule has 0 aliphatic rings. The zero-order chi connectivity index (χ0) is 19.3. The highest BCUT2D eigenvalue weighted by atomic mass is 35.5. The van der Waals surface area contributed by atoms with E-state index in [-0.39, 0.29) is 18.0 Å². The van der Waals surface area contributed by atoms with E-state index in [1.54, 1.807) is 22.7 Å². The molecule has 0 saturated carbocycles. The van der Waals surface area contributed by atoms with Crippen LogP contribution in [0.25, 0.3) is 0 Å². The minimum Gasteiger partial charge on any atom is -0.494 e. The van der Waals surface area contributed by atoms with Crippen LogP contribution in [-0.2, 0) is 13.6 Å². The van der Waals surface area contributed by atoms with Crippen LogP contribution in [0.2, 0.25) is 5.02 Å². The summed E-state index contributed by atoms with van der Waals surface area (Å²) in [5.74, 6) is 1.62. The lowest BCUT2D eigenvalue weighted by atomic mass is 10.0. The number of benzene rings is 1. The molecule has 2 rings (SSSR count). The first kappa shape index (κ1) is 20.0. The summed E-state index contributed by atoms with van der Waals surface area (Å²) in [6.45, 7) is 6.91. The summed E-state index contributed by atoms with van der Waals surface area (Å²) in [5, 5.41) is 7.73. The molecule has 0 radical (unpaired) electrons. The molecule has 0 unspecified atom stereocenters. The van der Waals surface area contributed by atoms with Gasteiger partial charge in [-0.15, -0.1) is 0 Å². The van der Waals surface area contributed by atoms with Crippen LogP contribution >= 0.6 is 11.6 Å². The fourth-order valence-electron chi connectivity index (χ4n) is 2.65. The molecular weight excluding hydrogens is 354 g/mol. The number of rotatable bonds is 7. The maximum Gasteiger partial charge on any atom is 0.318 e. The average molecular weight is 380 g/mol. The van der Waals surface area contributed by atoms with Gasteiger partial charge in [0.2, 0.25) is 0 Å². The molecule has 2 aromatic rings. The largest absolute Gasteiger partial charge is 0.494 e. The molecule has 0 aliphatic heterocycles. The molecule has 0 bridgehead atoms. The number of urea groups is 1. The van der Waals surface area contributed by atoms with E-state index in [9.17, 15) is 4.79 Å². The first-order valence-corrected chi connectivity index (χ1v) is 8.98. The lowest BCUT2D eigenvalue weighted by molar-refractivity contribution is 0.196. The van der Waals surface area contributed by atoms with Crippen molar-refractivity contribution in [3.8, 4) is 5.75 Å². The summed E-state index contributed by atoms with van der Waals surface area (Å²) in [5.41, 5.74) is 0.858. The Kier molecular flexibility index (Phi) is 6.85. The van der Waals surface area contributed by atoms with Crippen molar-refractivity contribution in [1.82, 2.24) is 25.0 Å². The van der Waals surface area contributed by atoms with Crippen molar-refractivity contribution in [2.45, 2.75) is 33.4 Å². The number of ether oxygens (including phenoxy) is 1. The number of carbonyl (C=O) groups excluding carboxylic acids is 1. The SMILES string of the molecule is CCOc1ccc(Cl)cc1CN(C)C(=O)N[C@H](c1ncnn1C)C(C)C. The van der Waals surface area contributed by atoms with Crippen LogP contribution in [0.5, 0.6) is 5.75 Å². The predicted octanol–water partition coefficient (Wildman–Crippen LogP) is 3.41. The Morgan fingerprint density at radius 3 is 2.73 bits per heavy atom. The maximum atomic E-state index is 12.7. The van der Waals surface area contributed by atoms with E-state index >= 15 is 0 Å². The second kappa shape index (κ2) is 8.89. The topological polar surface area (TPSA) is 72.3 Å². The van der Waals surface area contributed by atoms with E-state index < -0.39 is 0 Å². The molecule has 26 heavy (non-hydrogen) atoms. The van der Waals surface area contributed by atoms with Gasteiger partial charge in [-0.05, 0) is 31.0 Å². The highest BCUT2D eigenvalue weighted by molar-refractivity contribution is 6.30. The lowest BCUT2D eigenvalue weighted by Crippen LogP contribution is -2.41. The van der Waals surface area contributed by atoms with Crippen molar-refractivity contribution in [1.29, 1.82) is 0 Å². The first-order valence-electron chi connectivity index (χ1n) is 8.60. The van der Waals surface area contributed by atoms with Gasteiger partial charge in [0.15, 0.2) is 0 Å². The van der Waals surface area contributed by atoms with Gasteiger partial charge in [-0.1, -0.05) is 25.4 Å². The lowest BCUT2D eigenvalue weighted by Gasteiger charge is -2.26. The van der Waals surface area contributed by atoms with Gasteiger partial charge in [0.1, 0.15) is 17.9 Å². The molecule has 8 heteroatoms. The zero-order valence-corrected chi connectivity index (χ0v) is 16.6. The van der Waals surface area contributed by atoms with Gasteiger partial charge in [0.05, 0.1) is 19.2 Å². The number of aryl methyl sites for hydroxylation is 1. The Hall–Kier alpha value is -2.28. The summed E-state index contributed by atoms with van der Waals surface area (Å²) in [6, 6.07) is 4.98. The van der Waals surface area contributed by atoms with E-state index in [4.69, 9.17) is 16.3 Å². The molecule has 0 spiro atoms. The Bertz CT molecular complexity index is 747. The van der Waals surface area contributed by atoms with Crippen LogP contribution < -0.4 is 10.1 Å². The van der Waals surface area contributed by atoms with Crippen molar-refractivity contribution >= 4 is 17.6 Å². The number of carbonyl (C=O) groups is 1. The fourth-order valence-corrected chi connectivity index (χ4v) is 2.85. The maximum absolute atomic E-state index is 12.7. The number of halogens is 1. The van der Waals surface area contributed by atoms with Crippen LogP contribution in [0.4, 0.5) is 4.79 Å². The highest BCUT2D eigenvalue weighted by Crippen LogP contribution is 2.25. The summed E-state index contributed by atoms with van der Waals surface area (Å²) in [7, 11) is 3.55. The monoisotopic (exact) mass is 379 g/mol. The van der Waals surface area contributed by atoms with Crippen LogP contribution in [0.15, 0.2) is 24.5 Å². The van der Waals surface area contributed by atoms with Crippen LogP contribution in [0.3, 0.4) is 0 Å². The van der Waals surface area contributed by atoms with Crippen LogP contribution in [0, 0.1) is 5.92 Å². The number of nitrogens with one attached hydrogen (secondary N) is 1. The van der Waals surface area contributed by atoms with Crippen molar-refractivity contribution in [2.24, 2.45) is 13.0 Å². The number of nitrogens with zero attached hydrogens (tertiary/aromatic N) is 4. The van der Waals surface area contributed by atoms with Crippen molar-refractivity contribution in [2.75, 3.05) is 13.7 Å². The molecule has 2 amide bonds. The summed E-state index contributed by atoms with van der Waals surface area (Å²) in [4.78, 5) is 18.6. The fraction of sp³-hybridized carbons (Fsp3) is 0.500. The van der Waals surface area contributed by atoms with Crippen LogP contribution in [-0.4, -0.2) is 39.4 Å². The van der Waals surface area contributed by atoms with E-state index in [1.165, 1.54) is 6.33 Å². The van der Waals surface area contributed by atoms with Gasteiger partial charge in [-0.3, -0.25) is 4.68 Å². The van der Waals surface area contributed by atoms with Gasteiger partial charge in [0, 0.05) is 24.7 Å². The summed E-state index contributed by atoms with van der Waals surface area (Å²) >= 11 is 6.10. The van der Waals surface area contributed by atoms with Gasteiger partial charge >= 0.3 is 6.03 Å². The molecule has 1 heterocycles. The molecule has 1 atom stereocenters. The smallest absolute Gasteiger partial charge is 0.318 e. The Morgan fingerprint density at radius 2 is 2.15 bits per heavy atom. The van der Waals surface area contributed by atoms with Gasteiger partial charge in [-0.25, -0.2) is 9.78 Å². The van der Waals surface area contributed by atoms with Crippen molar-refractivity contribution in [3.63, 3.8) is 0 Å². The normalized spacial score (nSPS) is 12.1. The third-order valence-corrected chi connectivity index (χ3v) is 4.28. The van der Waals surface area contributed by atoms with E-state index in [2.05, 4.69) is 15.4 Å². The predicted molar refractivity (Wildman–Crippen MR) is 101 cm³/mol. The zero-order valence-electron chi connectivity index (χ0n) is 15.9. The Labute approximate surface area is 159 Å². The quantitative estimate of drug-likeness (QED) is 0.800. The van der Waals surface area contributed by atoms with Gasteiger partial charge in [-0.2, -0.15) is 5.10 Å². The Balaban J connectivity index is 2.12.